The maximum atomic E-state index is 11.3. The third-order valence-electron chi connectivity index (χ3n) is 6.10. The lowest BCUT2D eigenvalue weighted by molar-refractivity contribution is -0.119. The highest BCUT2D eigenvalue weighted by Gasteiger charge is 2.26. The number of thiophene rings is 1. The summed E-state index contributed by atoms with van der Waals surface area (Å²) in [6.07, 6.45) is -0.451. The number of hydrogen-bond acceptors (Lipinski definition) is 9. The number of carbonyl (C=O) groups is 2. The molecule has 0 spiro atoms. The number of ether oxygens (including phenoxy) is 3. The van der Waals surface area contributed by atoms with Gasteiger partial charge in [0.25, 0.3) is 0 Å². The number of nitrogens with one attached hydrogen (secondary N) is 2. The molecule has 13 heteroatoms. The van der Waals surface area contributed by atoms with Crippen molar-refractivity contribution in [1.82, 2.24) is 25.4 Å². The van der Waals surface area contributed by atoms with Gasteiger partial charge >= 0.3 is 6.09 Å². The van der Waals surface area contributed by atoms with Crippen LogP contribution in [0, 0.1) is 20.8 Å². The van der Waals surface area contributed by atoms with Gasteiger partial charge in [-0.1, -0.05) is 23.7 Å². The van der Waals surface area contributed by atoms with Crippen molar-refractivity contribution in [3.63, 3.8) is 0 Å². The molecule has 2 N–H and O–H groups in total. The molecule has 1 aliphatic heterocycles. The third kappa shape index (κ3) is 10.4. The van der Waals surface area contributed by atoms with Crippen molar-refractivity contribution >= 4 is 40.6 Å². The zero-order valence-electron chi connectivity index (χ0n) is 25.9. The Balaban J connectivity index is 0.000000239. The Hall–Kier alpha value is -3.32. The van der Waals surface area contributed by atoms with Crippen LogP contribution in [0.1, 0.15) is 60.9 Å². The summed E-state index contributed by atoms with van der Waals surface area (Å²) >= 11 is 7.80. The van der Waals surface area contributed by atoms with Crippen LogP contribution in [0.5, 0.6) is 0 Å². The fraction of sp³-hybridized carbons (Fsp3) is 0.500. The molecule has 3 heterocycles. The summed E-state index contributed by atoms with van der Waals surface area (Å²) in [5, 5.41) is 15.6. The van der Waals surface area contributed by atoms with Gasteiger partial charge in [-0.3, -0.25) is 14.4 Å². The molecule has 2 amide bonds. The van der Waals surface area contributed by atoms with Gasteiger partial charge in [-0.15, -0.1) is 21.5 Å². The second kappa shape index (κ2) is 15.9. The van der Waals surface area contributed by atoms with Gasteiger partial charge in [0.2, 0.25) is 5.91 Å². The number of alkyl carbamates (subject to hydrolysis) is 1. The molecule has 234 valence electrons. The van der Waals surface area contributed by atoms with E-state index in [4.69, 9.17) is 30.8 Å². The number of halogens is 1. The summed E-state index contributed by atoms with van der Waals surface area (Å²) in [6.45, 7) is 16.3. The van der Waals surface area contributed by atoms with E-state index >= 15 is 0 Å². The Morgan fingerprint density at radius 2 is 1.60 bits per heavy atom. The maximum Gasteiger partial charge on any atom is 0.407 e. The normalized spacial score (nSPS) is 12.2. The molecule has 0 fully saturated rings. The van der Waals surface area contributed by atoms with Crippen molar-refractivity contribution in [3.05, 3.63) is 62.5 Å². The lowest BCUT2D eigenvalue weighted by atomic mass is 10.00. The van der Waals surface area contributed by atoms with Crippen LogP contribution >= 0.6 is 22.9 Å². The van der Waals surface area contributed by atoms with Crippen molar-refractivity contribution in [2.45, 2.75) is 60.6 Å². The molecule has 1 aromatic carbocycles. The summed E-state index contributed by atoms with van der Waals surface area (Å²) in [5.41, 5.74) is 4.03. The first-order valence-electron chi connectivity index (χ1n) is 14.1. The van der Waals surface area contributed by atoms with Gasteiger partial charge < -0.3 is 24.8 Å². The van der Waals surface area contributed by atoms with E-state index in [1.165, 1.54) is 22.9 Å². The lowest BCUT2D eigenvalue weighted by Gasteiger charge is -2.19. The van der Waals surface area contributed by atoms with Gasteiger partial charge in [-0.25, -0.2) is 4.79 Å². The van der Waals surface area contributed by atoms with Crippen molar-refractivity contribution in [1.29, 1.82) is 0 Å². The van der Waals surface area contributed by atoms with Crippen molar-refractivity contribution in [3.8, 4) is 5.00 Å². The first kappa shape index (κ1) is 34.2. The minimum atomic E-state index is -0.493. The van der Waals surface area contributed by atoms with Crippen LogP contribution < -0.4 is 10.6 Å². The first-order chi connectivity index (χ1) is 20.4. The second-order valence-corrected chi connectivity index (χ2v) is 12.4. The molecule has 43 heavy (non-hydrogen) atoms. The van der Waals surface area contributed by atoms with Crippen LogP contribution in [0.15, 0.2) is 29.3 Å². The Morgan fingerprint density at radius 1 is 0.977 bits per heavy atom. The quantitative estimate of drug-likeness (QED) is 0.303. The second-order valence-electron chi connectivity index (χ2n) is 10.8. The number of hydrogen-bond donors (Lipinski definition) is 2. The highest BCUT2D eigenvalue weighted by molar-refractivity contribution is 7.15. The van der Waals surface area contributed by atoms with Crippen molar-refractivity contribution in [2.24, 2.45) is 4.99 Å². The standard InChI is InChI=1S/C17H15ClN4S.C13H26N2O5/c1-9-10(2)23-17-15(9)16(12-4-6-13(18)7-5-12)19-8-14-21-20-11(3)22(14)17;1-11(16)14-5-7-18-9-10-19-8-6-15-12(17)20-13(2,3)4/h4-7H,8H2,1-3H3;5-10H2,1-4H3,(H,14,16)(H,15,17). The van der Waals surface area contributed by atoms with Crippen molar-refractivity contribution < 1.29 is 23.8 Å². The van der Waals surface area contributed by atoms with E-state index in [1.807, 2.05) is 31.2 Å². The smallest absolute Gasteiger partial charge is 0.407 e. The van der Waals surface area contributed by atoms with Crippen LogP contribution in [-0.4, -0.2) is 77.6 Å². The Morgan fingerprint density at radius 3 is 2.21 bits per heavy atom. The van der Waals surface area contributed by atoms with E-state index < -0.39 is 11.7 Å². The molecular formula is C30H41ClN6O5S. The van der Waals surface area contributed by atoms with Crippen LogP contribution in [0.4, 0.5) is 4.79 Å². The van der Waals surface area contributed by atoms with Gasteiger partial charge in [0.05, 0.1) is 32.1 Å². The van der Waals surface area contributed by atoms with Gasteiger partial charge in [-0.05, 0) is 59.2 Å². The number of amides is 2. The SMILES string of the molecule is CC(=O)NCCOCCOCCNC(=O)OC(C)(C)C.Cc1sc2c(c1C)C(c1ccc(Cl)cc1)=NCc1nnc(C)n1-2. The molecule has 0 saturated carbocycles. The molecule has 4 rings (SSSR count). The van der Waals surface area contributed by atoms with Gasteiger partial charge in [0, 0.05) is 41.0 Å². The molecular weight excluding hydrogens is 592 g/mol. The summed E-state index contributed by atoms with van der Waals surface area (Å²) in [7, 11) is 0. The van der Waals surface area contributed by atoms with E-state index in [0.29, 0.717) is 46.1 Å². The molecule has 0 unspecified atom stereocenters. The molecule has 0 atom stereocenters. The number of aryl methyl sites for hydroxylation is 2. The summed E-state index contributed by atoms with van der Waals surface area (Å²) in [6, 6.07) is 7.86. The van der Waals surface area contributed by atoms with Crippen molar-refractivity contribution in [2.75, 3.05) is 39.5 Å². The number of aliphatic imine (C=N–C) groups is 1. The highest BCUT2D eigenvalue weighted by atomic mass is 35.5. The molecule has 0 saturated heterocycles. The van der Waals surface area contributed by atoms with E-state index in [0.717, 1.165) is 32.9 Å². The maximum absolute atomic E-state index is 11.3. The predicted octanol–water partition coefficient (Wildman–Crippen LogP) is 4.94. The van der Waals surface area contributed by atoms with E-state index in [1.54, 1.807) is 32.1 Å². The Bertz CT molecular complexity index is 1410. The summed E-state index contributed by atoms with van der Waals surface area (Å²) in [5.74, 6) is 1.71. The first-order valence-corrected chi connectivity index (χ1v) is 15.3. The number of rotatable bonds is 10. The Kier molecular flexibility index (Phi) is 12.7. The lowest BCUT2D eigenvalue weighted by Crippen LogP contribution is -2.34. The monoisotopic (exact) mass is 632 g/mol. The van der Waals surface area contributed by atoms with E-state index in [2.05, 4.69) is 39.2 Å². The molecule has 2 aromatic heterocycles. The summed E-state index contributed by atoms with van der Waals surface area (Å²) < 4.78 is 17.7. The number of carbonyl (C=O) groups excluding carboxylic acids is 2. The molecule has 3 aromatic rings. The molecule has 1 aliphatic rings. The number of nitrogens with zero attached hydrogens (tertiary/aromatic N) is 4. The van der Waals surface area contributed by atoms with Gasteiger partial charge in [0.15, 0.2) is 5.82 Å². The topological polar surface area (TPSA) is 129 Å². The number of benzene rings is 1. The molecule has 0 radical (unpaired) electrons. The highest BCUT2D eigenvalue weighted by Crippen LogP contribution is 2.36. The zero-order valence-corrected chi connectivity index (χ0v) is 27.4. The molecule has 11 nitrogen and oxygen atoms in total. The van der Waals surface area contributed by atoms with E-state index in [9.17, 15) is 9.59 Å². The fourth-order valence-electron chi connectivity index (χ4n) is 4.05. The van der Waals surface area contributed by atoms with Crippen LogP contribution in [0.25, 0.3) is 5.00 Å². The van der Waals surface area contributed by atoms with Gasteiger partial charge in [-0.2, -0.15) is 0 Å². The van der Waals surface area contributed by atoms with Crippen LogP contribution in [0.2, 0.25) is 5.02 Å². The summed E-state index contributed by atoms with van der Waals surface area (Å²) in [4.78, 5) is 28.0. The van der Waals surface area contributed by atoms with Crippen LogP contribution in [0.3, 0.4) is 0 Å². The predicted molar refractivity (Wildman–Crippen MR) is 169 cm³/mol. The van der Waals surface area contributed by atoms with Gasteiger partial charge in [0.1, 0.15) is 23.0 Å². The van der Waals surface area contributed by atoms with Crippen LogP contribution in [-0.2, 0) is 25.5 Å². The minimum Gasteiger partial charge on any atom is -0.444 e. The third-order valence-corrected chi connectivity index (χ3v) is 7.55. The largest absolute Gasteiger partial charge is 0.444 e. The number of fused-ring (bicyclic) bond motifs is 3. The Labute approximate surface area is 262 Å². The average Bonchev–Trinajstić information content (AvgIpc) is 3.37. The van der Waals surface area contributed by atoms with E-state index in [-0.39, 0.29) is 5.91 Å². The number of aromatic nitrogens is 3. The average molecular weight is 633 g/mol. The molecule has 0 bridgehead atoms. The fourth-order valence-corrected chi connectivity index (χ4v) is 5.40. The minimum absolute atomic E-state index is 0.0712. The molecule has 0 aliphatic carbocycles. The zero-order chi connectivity index (χ0) is 31.6.